The van der Waals surface area contributed by atoms with E-state index in [4.69, 9.17) is 0 Å². The van der Waals surface area contributed by atoms with Gasteiger partial charge in [0.1, 0.15) is 11.1 Å². The third-order valence-electron chi connectivity index (χ3n) is 5.82. The zero-order chi connectivity index (χ0) is 17.7. The van der Waals surface area contributed by atoms with Crippen LogP contribution in [0.4, 0.5) is 5.00 Å². The first kappa shape index (κ1) is 16.5. The number of anilines is 1. The average Bonchev–Trinajstić information content (AvgIpc) is 3.02. The molecule has 6 heteroatoms. The average molecular weight is 384 g/mol. The Balaban J connectivity index is 1.33. The molecule has 5 rings (SSSR count). The van der Waals surface area contributed by atoms with E-state index in [1.165, 1.54) is 33.7 Å². The summed E-state index contributed by atoms with van der Waals surface area (Å²) in [7, 11) is 0. The van der Waals surface area contributed by atoms with Gasteiger partial charge in [0.05, 0.1) is 12.1 Å². The lowest BCUT2D eigenvalue weighted by Gasteiger charge is -2.35. The number of amides is 1. The van der Waals surface area contributed by atoms with Gasteiger partial charge in [0.15, 0.2) is 0 Å². The Bertz CT molecular complexity index is 903. The van der Waals surface area contributed by atoms with E-state index in [1.54, 1.807) is 11.3 Å². The molecular formula is C20H21N3OS2. The zero-order valence-corrected chi connectivity index (χ0v) is 16.2. The fraction of sp³-hybridized carbons (Fsp3) is 0.500. The largest absolute Gasteiger partial charge is 0.315 e. The Morgan fingerprint density at radius 2 is 2.19 bits per heavy atom. The second-order valence-electron chi connectivity index (χ2n) is 7.52. The minimum atomic E-state index is 0.0192. The molecule has 0 unspecified atom stereocenters. The molecule has 0 aromatic carbocycles. The Morgan fingerprint density at radius 1 is 1.31 bits per heavy atom. The highest BCUT2D eigenvalue weighted by atomic mass is 32.1. The highest BCUT2D eigenvalue weighted by Gasteiger charge is 2.40. The Morgan fingerprint density at radius 3 is 3.00 bits per heavy atom. The standard InChI is InChI=1S/C20H21N3OS2/c21-10-15-13-2-1-3-17(13)26-20(15)22-18(24)11-23-8-6-16-14(7-9-25-16)19(23)12-4-5-12/h7,9,12,19H,1-6,8,11H2,(H,22,24)/t19-/m0/s1. The molecule has 1 N–H and O–H groups in total. The smallest absolute Gasteiger partial charge is 0.239 e. The van der Waals surface area contributed by atoms with Crippen molar-refractivity contribution in [1.29, 1.82) is 5.26 Å². The van der Waals surface area contributed by atoms with Crippen molar-refractivity contribution in [2.75, 3.05) is 18.4 Å². The van der Waals surface area contributed by atoms with Crippen molar-refractivity contribution in [3.05, 3.63) is 37.9 Å². The molecule has 0 saturated heterocycles. The first-order valence-electron chi connectivity index (χ1n) is 9.39. The summed E-state index contributed by atoms with van der Waals surface area (Å²) in [4.78, 5) is 17.9. The number of aryl methyl sites for hydroxylation is 1. The number of hydrogen-bond acceptors (Lipinski definition) is 5. The van der Waals surface area contributed by atoms with Crippen LogP contribution in [0.25, 0.3) is 0 Å². The molecule has 2 aromatic rings. The molecule has 4 nitrogen and oxygen atoms in total. The molecular weight excluding hydrogens is 362 g/mol. The fourth-order valence-corrected chi connectivity index (χ4v) is 6.67. The summed E-state index contributed by atoms with van der Waals surface area (Å²) in [5, 5.41) is 15.5. The maximum absolute atomic E-state index is 12.8. The maximum atomic E-state index is 12.8. The van der Waals surface area contributed by atoms with Gasteiger partial charge in [0.2, 0.25) is 5.91 Å². The van der Waals surface area contributed by atoms with Crippen LogP contribution in [0.5, 0.6) is 0 Å². The molecule has 3 aliphatic rings. The van der Waals surface area contributed by atoms with Crippen molar-refractivity contribution >= 4 is 33.6 Å². The number of carbonyl (C=O) groups is 1. The zero-order valence-electron chi connectivity index (χ0n) is 14.6. The van der Waals surface area contributed by atoms with Gasteiger partial charge in [-0.25, -0.2) is 0 Å². The van der Waals surface area contributed by atoms with Crippen LogP contribution in [-0.2, 0) is 24.1 Å². The Labute approximate surface area is 161 Å². The first-order chi connectivity index (χ1) is 12.7. The Kier molecular flexibility index (Phi) is 4.11. The van der Waals surface area contributed by atoms with Crippen LogP contribution >= 0.6 is 22.7 Å². The van der Waals surface area contributed by atoms with Crippen LogP contribution in [-0.4, -0.2) is 23.9 Å². The summed E-state index contributed by atoms with van der Waals surface area (Å²) in [6, 6.07) is 4.97. The molecule has 1 saturated carbocycles. The number of hydrogen-bond donors (Lipinski definition) is 1. The van der Waals surface area contributed by atoms with Crippen LogP contribution in [0.15, 0.2) is 11.4 Å². The number of nitriles is 1. The van der Waals surface area contributed by atoms with E-state index >= 15 is 0 Å². The lowest BCUT2D eigenvalue weighted by atomic mass is 9.96. The minimum absolute atomic E-state index is 0.0192. The van der Waals surface area contributed by atoms with Gasteiger partial charge in [-0.3, -0.25) is 9.69 Å². The predicted molar refractivity (Wildman–Crippen MR) is 105 cm³/mol. The van der Waals surface area contributed by atoms with Gasteiger partial charge in [-0.05, 0) is 67.0 Å². The number of fused-ring (bicyclic) bond motifs is 2. The van der Waals surface area contributed by atoms with Gasteiger partial charge in [0, 0.05) is 22.3 Å². The third-order valence-corrected chi connectivity index (χ3v) is 8.02. The Hall–Kier alpha value is -1.68. The molecule has 0 bridgehead atoms. The van der Waals surface area contributed by atoms with E-state index in [2.05, 4.69) is 27.7 Å². The van der Waals surface area contributed by atoms with Crippen LogP contribution in [0.2, 0.25) is 0 Å². The second kappa shape index (κ2) is 6.49. The van der Waals surface area contributed by atoms with Gasteiger partial charge >= 0.3 is 0 Å². The van der Waals surface area contributed by atoms with Crippen molar-refractivity contribution in [3.8, 4) is 6.07 Å². The van der Waals surface area contributed by atoms with Crippen molar-refractivity contribution in [2.24, 2.45) is 5.92 Å². The van der Waals surface area contributed by atoms with Gasteiger partial charge in [-0.15, -0.1) is 22.7 Å². The highest BCUT2D eigenvalue weighted by molar-refractivity contribution is 7.16. The molecule has 1 amide bonds. The maximum Gasteiger partial charge on any atom is 0.239 e. The first-order valence-corrected chi connectivity index (χ1v) is 11.1. The minimum Gasteiger partial charge on any atom is -0.315 e. The van der Waals surface area contributed by atoms with Crippen LogP contribution in [0, 0.1) is 17.2 Å². The van der Waals surface area contributed by atoms with Gasteiger partial charge in [0.25, 0.3) is 0 Å². The summed E-state index contributed by atoms with van der Waals surface area (Å²) in [5.74, 6) is 0.724. The summed E-state index contributed by atoms with van der Waals surface area (Å²) < 4.78 is 0. The number of rotatable bonds is 4. The number of nitrogens with one attached hydrogen (secondary N) is 1. The predicted octanol–water partition coefficient (Wildman–Crippen LogP) is 4.12. The van der Waals surface area contributed by atoms with Crippen molar-refractivity contribution in [3.63, 3.8) is 0 Å². The molecule has 3 heterocycles. The third kappa shape index (κ3) is 2.79. The summed E-state index contributed by atoms with van der Waals surface area (Å²) >= 11 is 3.46. The van der Waals surface area contributed by atoms with E-state index in [0.717, 1.165) is 37.2 Å². The lowest BCUT2D eigenvalue weighted by Crippen LogP contribution is -2.41. The van der Waals surface area contributed by atoms with E-state index < -0.39 is 0 Å². The number of thiophene rings is 2. The van der Waals surface area contributed by atoms with Crippen LogP contribution < -0.4 is 5.32 Å². The molecule has 1 aliphatic heterocycles. The SMILES string of the molecule is N#Cc1c(NC(=O)CN2CCc3sccc3[C@@H]2C2CC2)sc2c1CCC2. The summed E-state index contributed by atoms with van der Waals surface area (Å²) in [6.45, 7) is 1.37. The van der Waals surface area contributed by atoms with E-state index in [-0.39, 0.29) is 5.91 Å². The quantitative estimate of drug-likeness (QED) is 0.864. The normalized spacial score (nSPS) is 21.9. The number of carbonyl (C=O) groups excluding carboxylic acids is 1. The van der Waals surface area contributed by atoms with Gasteiger partial charge < -0.3 is 5.32 Å². The van der Waals surface area contributed by atoms with E-state index in [9.17, 15) is 10.1 Å². The molecule has 0 radical (unpaired) electrons. The summed E-state index contributed by atoms with van der Waals surface area (Å²) in [5.41, 5.74) is 3.32. The fourth-order valence-electron chi connectivity index (χ4n) is 4.50. The molecule has 1 fully saturated rings. The van der Waals surface area contributed by atoms with Crippen molar-refractivity contribution < 1.29 is 4.79 Å². The molecule has 2 aliphatic carbocycles. The van der Waals surface area contributed by atoms with Gasteiger partial charge in [-0.2, -0.15) is 5.26 Å². The molecule has 0 spiro atoms. The molecule has 1 atom stereocenters. The summed E-state index contributed by atoms with van der Waals surface area (Å²) in [6.07, 6.45) is 6.73. The highest BCUT2D eigenvalue weighted by Crippen LogP contribution is 2.48. The lowest BCUT2D eigenvalue weighted by molar-refractivity contribution is -0.118. The van der Waals surface area contributed by atoms with Crippen molar-refractivity contribution in [2.45, 2.75) is 44.6 Å². The molecule has 26 heavy (non-hydrogen) atoms. The molecule has 134 valence electrons. The van der Waals surface area contributed by atoms with Gasteiger partial charge in [-0.1, -0.05) is 0 Å². The van der Waals surface area contributed by atoms with Crippen LogP contribution in [0.3, 0.4) is 0 Å². The van der Waals surface area contributed by atoms with E-state index in [0.29, 0.717) is 24.1 Å². The van der Waals surface area contributed by atoms with Crippen LogP contribution in [0.1, 0.15) is 51.7 Å². The second-order valence-corrected chi connectivity index (χ2v) is 9.63. The van der Waals surface area contributed by atoms with Crippen molar-refractivity contribution in [1.82, 2.24) is 4.90 Å². The number of nitrogens with zero attached hydrogens (tertiary/aromatic N) is 2. The van der Waals surface area contributed by atoms with E-state index in [1.807, 2.05) is 11.3 Å². The molecule has 2 aromatic heterocycles. The topological polar surface area (TPSA) is 56.1 Å². The monoisotopic (exact) mass is 383 g/mol.